The van der Waals surface area contributed by atoms with Crippen LogP contribution >= 0.6 is 0 Å². The fourth-order valence-electron chi connectivity index (χ4n) is 1.85. The summed E-state index contributed by atoms with van der Waals surface area (Å²) in [5.41, 5.74) is 3.30. The van der Waals surface area contributed by atoms with Crippen molar-refractivity contribution in [3.05, 3.63) is 47.9 Å². The highest BCUT2D eigenvalue weighted by Crippen LogP contribution is 2.23. The van der Waals surface area contributed by atoms with Crippen LogP contribution in [0.3, 0.4) is 0 Å². The summed E-state index contributed by atoms with van der Waals surface area (Å²) >= 11 is 0. The third-order valence-electron chi connectivity index (χ3n) is 2.75. The zero-order valence-corrected chi connectivity index (χ0v) is 9.70. The normalized spacial score (nSPS) is 10.4. The molecule has 0 aliphatic carbocycles. The van der Waals surface area contributed by atoms with Gasteiger partial charge in [-0.2, -0.15) is 19.9 Å². The van der Waals surface area contributed by atoms with Crippen molar-refractivity contribution < 1.29 is 0 Å². The van der Waals surface area contributed by atoms with E-state index in [0.29, 0.717) is 11.3 Å². The zero-order chi connectivity index (χ0) is 12.5. The maximum absolute atomic E-state index is 9.18. The third kappa shape index (κ3) is 1.52. The standard InChI is InChI=1S/C13H9N5/c1-9-2-4-10(5-3-9)12-11(6-14)7-15-13-16-8-17-18(12)13/h2-5,7-8H,1H3. The van der Waals surface area contributed by atoms with E-state index >= 15 is 0 Å². The molecule has 0 amide bonds. The molecule has 0 N–H and O–H groups in total. The van der Waals surface area contributed by atoms with Crippen molar-refractivity contribution in [2.75, 3.05) is 0 Å². The van der Waals surface area contributed by atoms with Crippen LogP contribution in [0.2, 0.25) is 0 Å². The van der Waals surface area contributed by atoms with Crippen molar-refractivity contribution in [3.8, 4) is 17.3 Å². The molecule has 5 nitrogen and oxygen atoms in total. The summed E-state index contributed by atoms with van der Waals surface area (Å²) < 4.78 is 1.59. The van der Waals surface area contributed by atoms with Crippen LogP contribution in [0, 0.1) is 18.3 Å². The molecule has 0 aliphatic rings. The Hall–Kier alpha value is -2.74. The van der Waals surface area contributed by atoms with Gasteiger partial charge >= 0.3 is 0 Å². The summed E-state index contributed by atoms with van der Waals surface area (Å²) in [6.07, 6.45) is 2.96. The fraction of sp³-hybridized carbons (Fsp3) is 0.0769. The summed E-state index contributed by atoms with van der Waals surface area (Å²) in [5.74, 6) is 0.490. The second-order valence-corrected chi connectivity index (χ2v) is 3.97. The van der Waals surface area contributed by atoms with Gasteiger partial charge in [0.25, 0.3) is 5.78 Å². The van der Waals surface area contributed by atoms with E-state index in [9.17, 15) is 5.26 Å². The van der Waals surface area contributed by atoms with Crippen LogP contribution in [0.15, 0.2) is 36.8 Å². The number of rotatable bonds is 1. The van der Waals surface area contributed by atoms with E-state index in [1.807, 2.05) is 31.2 Å². The van der Waals surface area contributed by atoms with E-state index in [1.54, 1.807) is 4.52 Å². The molecule has 0 radical (unpaired) electrons. The van der Waals surface area contributed by atoms with Gasteiger partial charge < -0.3 is 0 Å². The number of aromatic nitrogens is 4. The fourth-order valence-corrected chi connectivity index (χ4v) is 1.85. The number of fused-ring (bicyclic) bond motifs is 1. The zero-order valence-electron chi connectivity index (χ0n) is 9.70. The van der Waals surface area contributed by atoms with Gasteiger partial charge in [0.05, 0.1) is 17.5 Å². The van der Waals surface area contributed by atoms with E-state index in [1.165, 1.54) is 18.1 Å². The van der Waals surface area contributed by atoms with Crippen molar-refractivity contribution in [1.82, 2.24) is 19.6 Å². The number of benzene rings is 1. The predicted molar refractivity (Wildman–Crippen MR) is 65.7 cm³/mol. The van der Waals surface area contributed by atoms with E-state index < -0.39 is 0 Å². The van der Waals surface area contributed by atoms with Crippen molar-refractivity contribution in [2.45, 2.75) is 6.92 Å². The van der Waals surface area contributed by atoms with Gasteiger partial charge in [0.15, 0.2) is 0 Å². The first-order valence-electron chi connectivity index (χ1n) is 5.45. The lowest BCUT2D eigenvalue weighted by molar-refractivity contribution is 0.943. The lowest BCUT2D eigenvalue weighted by atomic mass is 10.1. The SMILES string of the molecule is Cc1ccc(-c2c(C#N)cnc3ncnn23)cc1. The molecule has 2 aromatic heterocycles. The van der Waals surface area contributed by atoms with E-state index in [-0.39, 0.29) is 0 Å². The molecule has 0 saturated carbocycles. The average Bonchev–Trinajstić information content (AvgIpc) is 2.87. The third-order valence-corrected chi connectivity index (χ3v) is 2.75. The summed E-state index contributed by atoms with van der Waals surface area (Å²) in [4.78, 5) is 8.11. The Kier molecular flexibility index (Phi) is 2.27. The molecule has 0 bridgehead atoms. The smallest absolute Gasteiger partial charge is 0.218 e. The molecule has 0 aliphatic heterocycles. The first kappa shape index (κ1) is 10.4. The van der Waals surface area contributed by atoms with Crippen molar-refractivity contribution >= 4 is 5.78 Å². The van der Waals surface area contributed by atoms with E-state index in [0.717, 1.165) is 11.3 Å². The summed E-state index contributed by atoms with van der Waals surface area (Å²) in [5, 5.41) is 13.3. The lowest BCUT2D eigenvalue weighted by Gasteiger charge is -2.06. The molecule has 3 aromatic rings. The minimum absolute atomic E-state index is 0.483. The van der Waals surface area contributed by atoms with Crippen LogP contribution in [0.5, 0.6) is 0 Å². The molecular formula is C13H9N5. The number of hydrogen-bond acceptors (Lipinski definition) is 4. The Morgan fingerprint density at radius 2 is 1.94 bits per heavy atom. The van der Waals surface area contributed by atoms with Gasteiger partial charge in [0, 0.05) is 5.56 Å². The van der Waals surface area contributed by atoms with Gasteiger partial charge in [-0.1, -0.05) is 29.8 Å². The average molecular weight is 235 g/mol. The highest BCUT2D eigenvalue weighted by atomic mass is 15.3. The molecule has 3 rings (SSSR count). The van der Waals surface area contributed by atoms with Gasteiger partial charge in [0.2, 0.25) is 0 Å². The molecule has 5 heteroatoms. The van der Waals surface area contributed by atoms with Crippen molar-refractivity contribution in [1.29, 1.82) is 5.26 Å². The largest absolute Gasteiger partial charge is 0.252 e. The Morgan fingerprint density at radius 3 is 2.67 bits per heavy atom. The highest BCUT2D eigenvalue weighted by Gasteiger charge is 2.12. The maximum Gasteiger partial charge on any atom is 0.252 e. The number of nitriles is 1. The van der Waals surface area contributed by atoms with Crippen LogP contribution < -0.4 is 0 Å². The predicted octanol–water partition coefficient (Wildman–Crippen LogP) is 1.97. The molecule has 0 spiro atoms. The summed E-state index contributed by atoms with van der Waals surface area (Å²) in [6, 6.07) is 10.1. The monoisotopic (exact) mass is 235 g/mol. The van der Waals surface area contributed by atoms with Crippen molar-refractivity contribution in [2.24, 2.45) is 0 Å². The number of aryl methyl sites for hydroxylation is 1. The maximum atomic E-state index is 9.18. The Bertz CT molecular complexity index is 749. The van der Waals surface area contributed by atoms with E-state index in [4.69, 9.17) is 0 Å². The second-order valence-electron chi connectivity index (χ2n) is 3.97. The second kappa shape index (κ2) is 3.93. The van der Waals surface area contributed by atoms with E-state index in [2.05, 4.69) is 21.1 Å². The number of nitrogens with zero attached hydrogens (tertiary/aromatic N) is 5. The van der Waals surface area contributed by atoms with Crippen molar-refractivity contribution in [3.63, 3.8) is 0 Å². The Morgan fingerprint density at radius 1 is 1.17 bits per heavy atom. The van der Waals surface area contributed by atoms with Gasteiger partial charge in [-0.15, -0.1) is 0 Å². The summed E-state index contributed by atoms with van der Waals surface area (Å²) in [7, 11) is 0. The van der Waals surface area contributed by atoms with Gasteiger partial charge in [0.1, 0.15) is 12.4 Å². The molecule has 0 fully saturated rings. The van der Waals surface area contributed by atoms with Crippen LogP contribution in [0.4, 0.5) is 0 Å². The van der Waals surface area contributed by atoms with Crippen LogP contribution in [-0.2, 0) is 0 Å². The highest BCUT2D eigenvalue weighted by molar-refractivity contribution is 5.68. The van der Waals surface area contributed by atoms with Crippen LogP contribution in [-0.4, -0.2) is 19.6 Å². The molecule has 2 heterocycles. The molecular weight excluding hydrogens is 226 g/mol. The molecule has 0 unspecified atom stereocenters. The molecule has 0 atom stereocenters. The molecule has 1 aromatic carbocycles. The lowest BCUT2D eigenvalue weighted by Crippen LogP contribution is -2.00. The topological polar surface area (TPSA) is 66.9 Å². The van der Waals surface area contributed by atoms with Crippen LogP contribution in [0.1, 0.15) is 11.1 Å². The quantitative estimate of drug-likeness (QED) is 0.646. The number of hydrogen-bond donors (Lipinski definition) is 0. The first-order chi connectivity index (χ1) is 8.79. The Labute approximate surface area is 103 Å². The first-order valence-corrected chi connectivity index (χ1v) is 5.45. The van der Waals surface area contributed by atoms with Crippen LogP contribution in [0.25, 0.3) is 17.0 Å². The van der Waals surface area contributed by atoms with Gasteiger partial charge in [-0.25, -0.2) is 4.98 Å². The van der Waals surface area contributed by atoms with Gasteiger partial charge in [-0.3, -0.25) is 0 Å². The minimum atomic E-state index is 0.483. The molecule has 0 saturated heterocycles. The Balaban J connectivity index is 2.35. The minimum Gasteiger partial charge on any atom is -0.218 e. The molecule has 18 heavy (non-hydrogen) atoms. The summed E-state index contributed by atoms with van der Waals surface area (Å²) in [6.45, 7) is 2.02. The van der Waals surface area contributed by atoms with Gasteiger partial charge in [-0.05, 0) is 6.92 Å². The molecule has 86 valence electrons.